The molecule has 13 heavy (non-hydrogen) atoms. The third-order valence-electron chi connectivity index (χ3n) is 1.33. The van der Waals surface area contributed by atoms with Gasteiger partial charge in [-0.1, -0.05) is 0 Å². The van der Waals surface area contributed by atoms with Gasteiger partial charge in [0.15, 0.2) is 0 Å². The third kappa shape index (κ3) is 3.87. The first-order valence-electron chi connectivity index (χ1n) is 4.29. The summed E-state index contributed by atoms with van der Waals surface area (Å²) in [5.74, 6) is 0. The average molecular weight is 205 g/mol. The molecule has 0 aliphatic carbocycles. The second-order valence-corrected chi connectivity index (χ2v) is 4.66. The van der Waals surface area contributed by atoms with Gasteiger partial charge in [-0.3, -0.25) is 4.18 Å². The van der Waals surface area contributed by atoms with Gasteiger partial charge in [0.25, 0.3) is 0 Å². The van der Waals surface area contributed by atoms with Gasteiger partial charge < -0.3 is 4.74 Å². The van der Waals surface area contributed by atoms with Crippen molar-refractivity contribution in [2.45, 2.75) is 32.8 Å². The van der Waals surface area contributed by atoms with Gasteiger partial charge in [0.1, 0.15) is 17.8 Å². The molecule has 1 rings (SSSR count). The molecular weight excluding hydrogens is 190 g/mol. The molecular formula is C8H15NO3S. The average Bonchev–Trinajstić information content (AvgIpc) is 2.03. The highest BCUT2D eigenvalue weighted by molar-refractivity contribution is 7.92. The molecule has 0 spiro atoms. The predicted octanol–water partition coefficient (Wildman–Crippen LogP) is 2.21. The summed E-state index contributed by atoms with van der Waals surface area (Å²) in [5, 5.41) is 0. The van der Waals surface area contributed by atoms with Crippen molar-refractivity contribution in [1.29, 1.82) is 0 Å². The fourth-order valence-corrected chi connectivity index (χ4v) is 1.46. The van der Waals surface area contributed by atoms with Crippen molar-refractivity contribution in [2.24, 2.45) is 0 Å². The Bertz CT molecular complexity index is 184. The maximum atomic E-state index is 11.4. The van der Waals surface area contributed by atoms with Gasteiger partial charge in [0.2, 0.25) is 0 Å². The number of nitrogens with zero attached hydrogens (tertiary/aromatic N) is 1. The van der Waals surface area contributed by atoms with Crippen LogP contribution >= 0.6 is 12.2 Å². The highest BCUT2D eigenvalue weighted by atomic mass is 32.2. The van der Waals surface area contributed by atoms with E-state index in [1.165, 1.54) is 4.31 Å². The zero-order valence-corrected chi connectivity index (χ0v) is 9.02. The van der Waals surface area contributed by atoms with E-state index in [0.717, 1.165) is 18.6 Å². The van der Waals surface area contributed by atoms with Crippen molar-refractivity contribution in [3.63, 3.8) is 0 Å². The van der Waals surface area contributed by atoms with Gasteiger partial charge in [-0.05, 0) is 27.2 Å². The Morgan fingerprint density at radius 1 is 1.54 bits per heavy atom. The van der Waals surface area contributed by atoms with Crippen molar-refractivity contribution in [3.05, 3.63) is 0 Å². The fraction of sp³-hybridized carbons (Fsp3) is 0.875. The lowest BCUT2D eigenvalue weighted by Crippen LogP contribution is -2.35. The topological polar surface area (TPSA) is 38.8 Å². The van der Waals surface area contributed by atoms with E-state index in [0.29, 0.717) is 13.2 Å². The van der Waals surface area contributed by atoms with E-state index in [2.05, 4.69) is 0 Å². The molecule has 0 atom stereocenters. The number of carbonyl (C=O) groups excluding carboxylic acids is 1. The van der Waals surface area contributed by atoms with Gasteiger partial charge in [0, 0.05) is 6.54 Å². The Morgan fingerprint density at radius 3 is 2.69 bits per heavy atom. The summed E-state index contributed by atoms with van der Waals surface area (Å²) in [6, 6.07) is 0. The van der Waals surface area contributed by atoms with E-state index in [4.69, 9.17) is 8.92 Å². The van der Waals surface area contributed by atoms with E-state index >= 15 is 0 Å². The first-order chi connectivity index (χ1) is 5.99. The second-order valence-electron chi connectivity index (χ2n) is 3.83. The molecule has 76 valence electrons. The Balaban J connectivity index is 2.38. The molecule has 0 aromatic rings. The normalized spacial score (nSPS) is 18.5. The highest BCUT2D eigenvalue weighted by Crippen LogP contribution is 2.21. The van der Waals surface area contributed by atoms with Crippen LogP contribution in [0.2, 0.25) is 0 Å². The lowest BCUT2D eigenvalue weighted by molar-refractivity contribution is 0.0372. The lowest BCUT2D eigenvalue weighted by Gasteiger charge is -2.27. The van der Waals surface area contributed by atoms with Crippen LogP contribution in [0.3, 0.4) is 0 Å². The maximum Gasteiger partial charge on any atom is 0.422 e. The minimum absolute atomic E-state index is 0.322. The molecule has 1 aliphatic rings. The molecule has 5 heteroatoms. The van der Waals surface area contributed by atoms with Crippen LogP contribution in [0, 0.1) is 0 Å². The number of ether oxygens (including phenoxy) is 1. The number of rotatable bonds is 0. The van der Waals surface area contributed by atoms with Gasteiger partial charge in [-0.15, -0.1) is 0 Å². The Kier molecular flexibility index (Phi) is 3.44. The van der Waals surface area contributed by atoms with Gasteiger partial charge in [-0.25, -0.2) is 9.10 Å². The van der Waals surface area contributed by atoms with Crippen LogP contribution in [-0.2, 0) is 8.92 Å². The molecule has 0 N–H and O–H groups in total. The Labute approximate surface area is 82.9 Å². The SMILES string of the molecule is CC(C)(C)OC(=O)N1CCCOS1. The summed E-state index contributed by atoms with van der Waals surface area (Å²) in [7, 11) is 0. The minimum atomic E-state index is -0.435. The molecule has 0 unspecified atom stereocenters. The standard InChI is InChI=1S/C8H15NO3S/c1-8(2,3)12-7(10)9-5-4-6-11-13-9/h4-6H2,1-3H3. The van der Waals surface area contributed by atoms with E-state index in [9.17, 15) is 4.79 Å². The van der Waals surface area contributed by atoms with Crippen LogP contribution in [0.15, 0.2) is 0 Å². The van der Waals surface area contributed by atoms with Crippen LogP contribution in [0.1, 0.15) is 27.2 Å². The molecule has 1 aliphatic heterocycles. The predicted molar refractivity (Wildman–Crippen MR) is 51.1 cm³/mol. The third-order valence-corrected chi connectivity index (χ3v) is 2.11. The maximum absolute atomic E-state index is 11.4. The number of amides is 1. The van der Waals surface area contributed by atoms with Gasteiger partial charge in [0.05, 0.1) is 6.61 Å². The molecule has 1 amide bonds. The van der Waals surface area contributed by atoms with Gasteiger partial charge >= 0.3 is 6.09 Å². The monoisotopic (exact) mass is 205 g/mol. The zero-order chi connectivity index (χ0) is 9.90. The van der Waals surface area contributed by atoms with E-state index in [-0.39, 0.29) is 6.09 Å². The van der Waals surface area contributed by atoms with Crippen molar-refractivity contribution < 1.29 is 13.7 Å². The molecule has 0 radical (unpaired) electrons. The van der Waals surface area contributed by atoms with Crippen molar-refractivity contribution in [2.75, 3.05) is 13.2 Å². The molecule has 0 saturated carbocycles. The van der Waals surface area contributed by atoms with Crippen molar-refractivity contribution >= 4 is 18.3 Å². The summed E-state index contributed by atoms with van der Waals surface area (Å²) in [5.41, 5.74) is -0.435. The Morgan fingerprint density at radius 2 is 2.23 bits per heavy atom. The minimum Gasteiger partial charge on any atom is -0.443 e. The van der Waals surface area contributed by atoms with Gasteiger partial charge in [-0.2, -0.15) is 0 Å². The van der Waals surface area contributed by atoms with E-state index < -0.39 is 5.60 Å². The largest absolute Gasteiger partial charge is 0.443 e. The lowest BCUT2D eigenvalue weighted by atomic mass is 10.2. The summed E-state index contributed by atoms with van der Waals surface area (Å²) in [6.07, 6.45) is 0.545. The smallest absolute Gasteiger partial charge is 0.422 e. The van der Waals surface area contributed by atoms with Crippen LogP contribution in [0.4, 0.5) is 4.79 Å². The number of hydrogen-bond donors (Lipinski definition) is 0. The van der Waals surface area contributed by atoms with Crippen LogP contribution in [-0.4, -0.2) is 29.2 Å². The molecule has 1 fully saturated rings. The summed E-state index contributed by atoms with van der Waals surface area (Å²) >= 11 is 1.07. The summed E-state index contributed by atoms with van der Waals surface area (Å²) in [4.78, 5) is 11.4. The van der Waals surface area contributed by atoms with Crippen molar-refractivity contribution in [1.82, 2.24) is 4.31 Å². The molecule has 1 saturated heterocycles. The molecule has 4 nitrogen and oxygen atoms in total. The number of carbonyl (C=O) groups is 1. The molecule has 0 aromatic heterocycles. The molecule has 1 heterocycles. The van der Waals surface area contributed by atoms with Crippen LogP contribution in [0.5, 0.6) is 0 Å². The Hall–Kier alpha value is -0.420. The quantitative estimate of drug-likeness (QED) is 0.449. The molecule has 0 aromatic carbocycles. The second kappa shape index (κ2) is 4.19. The highest BCUT2D eigenvalue weighted by Gasteiger charge is 2.24. The van der Waals surface area contributed by atoms with Crippen molar-refractivity contribution in [3.8, 4) is 0 Å². The van der Waals surface area contributed by atoms with E-state index in [1.807, 2.05) is 20.8 Å². The zero-order valence-electron chi connectivity index (χ0n) is 8.20. The van der Waals surface area contributed by atoms with Crippen LogP contribution in [0.25, 0.3) is 0 Å². The fourth-order valence-electron chi connectivity index (χ4n) is 0.840. The first kappa shape index (κ1) is 10.7. The molecule has 0 bridgehead atoms. The first-order valence-corrected chi connectivity index (χ1v) is 4.99. The summed E-state index contributed by atoms with van der Waals surface area (Å²) in [6.45, 7) is 6.94. The number of hydrogen-bond acceptors (Lipinski definition) is 4. The summed E-state index contributed by atoms with van der Waals surface area (Å²) < 4.78 is 11.7. The van der Waals surface area contributed by atoms with E-state index in [1.54, 1.807) is 0 Å². The van der Waals surface area contributed by atoms with Crippen LogP contribution < -0.4 is 0 Å².